The Bertz CT molecular complexity index is 1410. The fourth-order valence-corrected chi connectivity index (χ4v) is 3.75. The van der Waals surface area contributed by atoms with Crippen LogP contribution >= 0.6 is 0 Å². The zero-order valence-corrected chi connectivity index (χ0v) is 17.8. The highest BCUT2D eigenvalue weighted by Crippen LogP contribution is 2.42. The fraction of sp³-hybridized carbons (Fsp3) is 0.261. The maximum absolute atomic E-state index is 11.2. The second kappa shape index (κ2) is 8.03. The molecule has 1 fully saturated rings. The van der Waals surface area contributed by atoms with Crippen LogP contribution in [0.4, 0.5) is 0 Å². The number of pyridine rings is 1. The molecule has 0 amide bonds. The molecular weight excluding hydrogens is 422 g/mol. The van der Waals surface area contributed by atoms with Crippen LogP contribution in [0.3, 0.4) is 0 Å². The second-order valence-corrected chi connectivity index (χ2v) is 8.11. The Kier molecular flexibility index (Phi) is 5.03. The second-order valence-electron chi connectivity index (χ2n) is 8.11. The Labute approximate surface area is 188 Å². The number of nitrogens with two attached hydrogens (primary N) is 1. The van der Waals surface area contributed by atoms with Gasteiger partial charge in [-0.2, -0.15) is 10.4 Å². The largest absolute Gasteiger partial charge is 0.480 e. The summed E-state index contributed by atoms with van der Waals surface area (Å²) in [5.41, 5.74) is 9.13. The molecule has 3 aromatic heterocycles. The summed E-state index contributed by atoms with van der Waals surface area (Å²) in [5.74, 6) is 0.888. The molecule has 0 radical (unpaired) electrons. The molecule has 1 atom stereocenters. The first-order valence-corrected chi connectivity index (χ1v) is 10.5. The summed E-state index contributed by atoms with van der Waals surface area (Å²) in [7, 11) is 1.83. The van der Waals surface area contributed by atoms with Gasteiger partial charge in [-0.05, 0) is 43.2 Å². The van der Waals surface area contributed by atoms with E-state index in [4.69, 9.17) is 15.6 Å². The molecule has 0 bridgehead atoms. The van der Waals surface area contributed by atoms with E-state index in [1.165, 1.54) is 0 Å². The Balaban J connectivity index is 1.57. The molecule has 4 aromatic rings. The summed E-state index contributed by atoms with van der Waals surface area (Å²) in [6.07, 6.45) is 4.06. The molecule has 1 aliphatic carbocycles. The van der Waals surface area contributed by atoms with Crippen molar-refractivity contribution < 1.29 is 14.6 Å². The van der Waals surface area contributed by atoms with E-state index in [1.54, 1.807) is 33.5 Å². The number of nitriles is 1. The standard InChI is InChI=1S/C23H21N7O3/c1-29-21(11-18(28-29)14-5-6-14)33-19-9-13(12-24)4-7-15(19)16-3-2-8-30-20(26-27-22(16)30)10-17(25)23(31)32/h2-4,7-9,11,14,17H,5-6,10,25H2,1H3,(H,31,32)/t17-/m0/s1. The quantitative estimate of drug-likeness (QED) is 0.443. The minimum absolute atomic E-state index is 0.0373. The minimum Gasteiger partial charge on any atom is -0.480 e. The number of nitrogens with zero attached hydrogens (tertiary/aromatic N) is 6. The summed E-state index contributed by atoms with van der Waals surface area (Å²) in [5, 5.41) is 31.5. The third-order valence-electron chi connectivity index (χ3n) is 5.69. The third kappa shape index (κ3) is 3.90. The van der Waals surface area contributed by atoms with Crippen molar-refractivity contribution >= 4 is 11.6 Å². The Morgan fingerprint density at radius 3 is 2.85 bits per heavy atom. The predicted octanol–water partition coefficient (Wildman–Crippen LogP) is 2.63. The molecule has 3 heterocycles. The molecule has 166 valence electrons. The van der Waals surface area contributed by atoms with E-state index >= 15 is 0 Å². The highest BCUT2D eigenvalue weighted by molar-refractivity contribution is 5.82. The van der Waals surface area contributed by atoms with Crippen molar-refractivity contribution in [3.05, 3.63) is 59.7 Å². The van der Waals surface area contributed by atoms with Crippen LogP contribution in [0.1, 0.15) is 35.8 Å². The Morgan fingerprint density at radius 2 is 2.12 bits per heavy atom. The van der Waals surface area contributed by atoms with Crippen LogP contribution in [0.5, 0.6) is 11.6 Å². The van der Waals surface area contributed by atoms with Gasteiger partial charge < -0.3 is 15.6 Å². The number of carbonyl (C=O) groups is 1. The monoisotopic (exact) mass is 443 g/mol. The van der Waals surface area contributed by atoms with Gasteiger partial charge in [0.2, 0.25) is 5.88 Å². The summed E-state index contributed by atoms with van der Waals surface area (Å²) in [6.45, 7) is 0. The van der Waals surface area contributed by atoms with Crippen molar-refractivity contribution in [2.75, 3.05) is 0 Å². The molecule has 0 saturated heterocycles. The highest BCUT2D eigenvalue weighted by Gasteiger charge is 2.27. The van der Waals surface area contributed by atoms with Gasteiger partial charge in [-0.3, -0.25) is 9.20 Å². The van der Waals surface area contributed by atoms with Crippen LogP contribution in [-0.4, -0.2) is 41.5 Å². The number of rotatable bonds is 7. The summed E-state index contributed by atoms with van der Waals surface area (Å²) in [6, 6.07) is 11.9. The first kappa shape index (κ1) is 20.7. The molecule has 1 saturated carbocycles. The smallest absolute Gasteiger partial charge is 0.320 e. The topological polar surface area (TPSA) is 144 Å². The predicted molar refractivity (Wildman–Crippen MR) is 118 cm³/mol. The van der Waals surface area contributed by atoms with Gasteiger partial charge in [0.25, 0.3) is 0 Å². The summed E-state index contributed by atoms with van der Waals surface area (Å²) in [4.78, 5) is 11.2. The molecule has 5 rings (SSSR count). The van der Waals surface area contributed by atoms with Crippen LogP contribution in [0.2, 0.25) is 0 Å². The molecule has 1 aliphatic rings. The normalized spacial score (nSPS) is 14.2. The molecule has 33 heavy (non-hydrogen) atoms. The van der Waals surface area contributed by atoms with Gasteiger partial charge >= 0.3 is 5.97 Å². The lowest BCUT2D eigenvalue weighted by Gasteiger charge is -2.12. The lowest BCUT2D eigenvalue weighted by molar-refractivity contribution is -0.138. The van der Waals surface area contributed by atoms with E-state index < -0.39 is 12.0 Å². The van der Waals surface area contributed by atoms with E-state index in [1.807, 2.05) is 25.2 Å². The molecule has 10 nitrogen and oxygen atoms in total. The van der Waals surface area contributed by atoms with E-state index in [-0.39, 0.29) is 6.42 Å². The van der Waals surface area contributed by atoms with Gasteiger partial charge in [-0.25, -0.2) is 4.68 Å². The molecule has 0 unspecified atom stereocenters. The number of aromatic nitrogens is 5. The van der Waals surface area contributed by atoms with Crippen molar-refractivity contribution in [3.63, 3.8) is 0 Å². The number of aliphatic carboxylic acids is 1. The number of fused-ring (bicyclic) bond motifs is 1. The van der Waals surface area contributed by atoms with Gasteiger partial charge in [0.05, 0.1) is 17.3 Å². The molecule has 0 aliphatic heterocycles. The maximum atomic E-state index is 11.2. The van der Waals surface area contributed by atoms with Gasteiger partial charge in [0.1, 0.15) is 17.6 Å². The first-order valence-electron chi connectivity index (χ1n) is 10.5. The van der Waals surface area contributed by atoms with Gasteiger partial charge in [0.15, 0.2) is 5.65 Å². The highest BCUT2D eigenvalue weighted by atomic mass is 16.5. The Morgan fingerprint density at radius 1 is 1.30 bits per heavy atom. The summed E-state index contributed by atoms with van der Waals surface area (Å²) >= 11 is 0. The van der Waals surface area contributed by atoms with Gasteiger partial charge in [0, 0.05) is 42.8 Å². The van der Waals surface area contributed by atoms with Crippen LogP contribution in [0, 0.1) is 11.3 Å². The number of carboxylic acid groups (broad SMARTS) is 1. The number of carboxylic acids is 1. The third-order valence-corrected chi connectivity index (χ3v) is 5.69. The Hall–Kier alpha value is -4.23. The van der Waals surface area contributed by atoms with E-state index in [0.717, 1.165) is 29.7 Å². The lowest BCUT2D eigenvalue weighted by Crippen LogP contribution is -2.32. The van der Waals surface area contributed by atoms with Crippen LogP contribution in [0.15, 0.2) is 42.6 Å². The molecule has 1 aromatic carbocycles. The maximum Gasteiger partial charge on any atom is 0.320 e. The number of ether oxygens (including phenoxy) is 1. The van der Waals surface area contributed by atoms with Gasteiger partial charge in [-0.15, -0.1) is 10.2 Å². The SMILES string of the molecule is Cn1nc(C2CC2)cc1Oc1cc(C#N)ccc1-c1cccn2c(C[C@H](N)C(=O)O)nnc12. The molecule has 3 N–H and O–H groups in total. The van der Waals surface area contributed by atoms with Crippen molar-refractivity contribution in [2.45, 2.75) is 31.2 Å². The first-order chi connectivity index (χ1) is 15.9. The van der Waals surface area contributed by atoms with E-state index in [2.05, 4.69) is 21.4 Å². The molecule has 0 spiro atoms. The summed E-state index contributed by atoms with van der Waals surface area (Å²) < 4.78 is 9.65. The number of benzene rings is 1. The van der Waals surface area contributed by atoms with Crippen LogP contribution in [0.25, 0.3) is 16.8 Å². The number of hydrogen-bond donors (Lipinski definition) is 2. The number of aryl methyl sites for hydroxylation is 1. The van der Waals surface area contributed by atoms with Crippen LogP contribution in [-0.2, 0) is 18.3 Å². The molecule has 10 heteroatoms. The fourth-order valence-electron chi connectivity index (χ4n) is 3.75. The minimum atomic E-state index is -1.10. The molecular formula is C23H21N7O3. The van der Waals surface area contributed by atoms with Crippen molar-refractivity contribution in [3.8, 4) is 28.8 Å². The number of hydrogen-bond acceptors (Lipinski definition) is 7. The zero-order chi connectivity index (χ0) is 23.1. The van der Waals surface area contributed by atoms with E-state index in [0.29, 0.717) is 34.6 Å². The van der Waals surface area contributed by atoms with Crippen LogP contribution < -0.4 is 10.5 Å². The average molecular weight is 443 g/mol. The average Bonchev–Trinajstić information content (AvgIpc) is 3.49. The van der Waals surface area contributed by atoms with Crippen molar-refractivity contribution in [2.24, 2.45) is 12.8 Å². The van der Waals surface area contributed by atoms with Gasteiger partial charge in [-0.1, -0.05) is 0 Å². The van der Waals surface area contributed by atoms with Crippen molar-refractivity contribution in [1.82, 2.24) is 24.4 Å². The van der Waals surface area contributed by atoms with Crippen molar-refractivity contribution in [1.29, 1.82) is 5.26 Å². The lowest BCUT2D eigenvalue weighted by atomic mass is 10.0. The van der Waals surface area contributed by atoms with E-state index in [9.17, 15) is 10.1 Å². The zero-order valence-electron chi connectivity index (χ0n) is 17.8.